The second kappa shape index (κ2) is 8.45. The summed E-state index contributed by atoms with van der Waals surface area (Å²) in [6, 6.07) is 15.6. The number of nitrogens with zero attached hydrogens (tertiary/aromatic N) is 1. The van der Waals surface area contributed by atoms with Gasteiger partial charge >= 0.3 is 6.03 Å². The van der Waals surface area contributed by atoms with Crippen molar-refractivity contribution in [2.45, 2.75) is 19.4 Å². The Bertz CT molecular complexity index is 1040. The molecule has 148 valence electrons. The molecule has 3 aromatic rings. The molecule has 2 heterocycles. The minimum atomic E-state index is -0.388. The van der Waals surface area contributed by atoms with Gasteiger partial charge in [-0.15, -0.1) is 11.3 Å². The smallest absolute Gasteiger partial charge is 0.322 e. The Morgan fingerprint density at radius 2 is 1.90 bits per heavy atom. The number of urea groups is 1. The average Bonchev–Trinajstić information content (AvgIpc) is 3.22. The lowest BCUT2D eigenvalue weighted by molar-refractivity contribution is -0.115. The molecule has 0 aliphatic carbocycles. The largest absolute Gasteiger partial charge is 0.326 e. The molecule has 2 aromatic carbocycles. The van der Waals surface area contributed by atoms with Gasteiger partial charge in [0, 0.05) is 18.8 Å². The van der Waals surface area contributed by atoms with Crippen LogP contribution in [0.2, 0.25) is 0 Å². The topological polar surface area (TPSA) is 61.4 Å². The summed E-state index contributed by atoms with van der Waals surface area (Å²) in [6.45, 7) is 1.12. The van der Waals surface area contributed by atoms with Crippen molar-refractivity contribution in [2.75, 3.05) is 17.2 Å². The maximum absolute atomic E-state index is 13.7. The van der Waals surface area contributed by atoms with Crippen molar-refractivity contribution in [3.05, 3.63) is 82.5 Å². The van der Waals surface area contributed by atoms with E-state index >= 15 is 0 Å². The molecule has 0 radical (unpaired) electrons. The third-order valence-corrected chi connectivity index (χ3v) is 5.63. The van der Waals surface area contributed by atoms with Gasteiger partial charge in [0.15, 0.2) is 0 Å². The van der Waals surface area contributed by atoms with Crippen LogP contribution in [0.15, 0.2) is 60.0 Å². The number of carbonyl (C=O) groups excluding carboxylic acids is 2. The van der Waals surface area contributed by atoms with E-state index in [2.05, 4.69) is 10.6 Å². The fourth-order valence-electron chi connectivity index (χ4n) is 3.36. The van der Waals surface area contributed by atoms with E-state index in [9.17, 15) is 14.0 Å². The van der Waals surface area contributed by atoms with Gasteiger partial charge in [-0.1, -0.05) is 24.3 Å². The van der Waals surface area contributed by atoms with E-state index in [1.54, 1.807) is 23.1 Å². The number of hydrogen-bond donors (Lipinski definition) is 2. The predicted molar refractivity (Wildman–Crippen MR) is 113 cm³/mol. The van der Waals surface area contributed by atoms with Crippen LogP contribution < -0.4 is 10.6 Å². The molecule has 29 heavy (non-hydrogen) atoms. The number of anilines is 2. The van der Waals surface area contributed by atoms with Crippen LogP contribution in [0, 0.1) is 5.82 Å². The molecule has 0 fully saturated rings. The summed E-state index contributed by atoms with van der Waals surface area (Å²) >= 11 is 1.48. The molecule has 0 saturated heterocycles. The average molecular weight is 409 g/mol. The third kappa shape index (κ3) is 4.63. The third-order valence-electron chi connectivity index (χ3n) is 4.85. The van der Waals surface area contributed by atoms with E-state index < -0.39 is 0 Å². The van der Waals surface area contributed by atoms with Gasteiger partial charge in [0.05, 0.1) is 11.4 Å². The second-order valence-electron chi connectivity index (χ2n) is 6.88. The lowest BCUT2D eigenvalue weighted by Gasteiger charge is -2.29. The molecule has 1 aliphatic heterocycles. The SMILES string of the molecule is O=C(Cc1ccccc1F)Nc1ccc2c(c1)CN(C(=O)Nc1cccs1)CC2. The zero-order chi connectivity index (χ0) is 20.2. The summed E-state index contributed by atoms with van der Waals surface area (Å²) in [7, 11) is 0. The van der Waals surface area contributed by atoms with Crippen LogP contribution >= 0.6 is 11.3 Å². The number of hydrogen-bond acceptors (Lipinski definition) is 3. The highest BCUT2D eigenvalue weighted by atomic mass is 32.1. The van der Waals surface area contributed by atoms with Crippen molar-refractivity contribution < 1.29 is 14.0 Å². The van der Waals surface area contributed by atoms with Gasteiger partial charge in [0.25, 0.3) is 0 Å². The Balaban J connectivity index is 1.41. The molecule has 4 rings (SSSR count). The Morgan fingerprint density at radius 3 is 2.69 bits per heavy atom. The lowest BCUT2D eigenvalue weighted by atomic mass is 9.99. The molecule has 7 heteroatoms. The molecule has 1 aliphatic rings. The van der Waals surface area contributed by atoms with Crippen LogP contribution in [0.3, 0.4) is 0 Å². The minimum absolute atomic E-state index is 0.0287. The molecular formula is C22H20FN3O2S. The number of benzene rings is 2. The normalized spacial score (nSPS) is 12.9. The highest BCUT2D eigenvalue weighted by Crippen LogP contribution is 2.24. The van der Waals surface area contributed by atoms with E-state index in [4.69, 9.17) is 0 Å². The molecule has 1 aromatic heterocycles. The van der Waals surface area contributed by atoms with Crippen LogP contribution in [0.5, 0.6) is 0 Å². The van der Waals surface area contributed by atoms with Crippen molar-refractivity contribution in [1.82, 2.24) is 4.90 Å². The Kier molecular flexibility index (Phi) is 5.57. The van der Waals surface area contributed by atoms with E-state index in [1.165, 1.54) is 17.4 Å². The van der Waals surface area contributed by atoms with E-state index in [0.717, 1.165) is 22.5 Å². The number of halogens is 1. The van der Waals surface area contributed by atoms with E-state index in [0.29, 0.717) is 24.3 Å². The molecule has 0 unspecified atom stereocenters. The number of amides is 3. The standard InChI is InChI=1S/C22H20FN3O2S/c23-19-5-2-1-4-16(19)13-20(27)24-18-8-7-15-9-10-26(14-17(15)12-18)22(28)25-21-6-3-11-29-21/h1-8,11-12H,9-10,13-14H2,(H,24,27)(H,25,28). The van der Waals surface area contributed by atoms with Crippen molar-refractivity contribution >= 4 is 34.0 Å². The van der Waals surface area contributed by atoms with Crippen LogP contribution in [0.4, 0.5) is 19.9 Å². The van der Waals surface area contributed by atoms with Crippen LogP contribution in [0.1, 0.15) is 16.7 Å². The van der Waals surface area contributed by atoms with Crippen LogP contribution in [0.25, 0.3) is 0 Å². The zero-order valence-electron chi connectivity index (χ0n) is 15.7. The van der Waals surface area contributed by atoms with Crippen molar-refractivity contribution in [2.24, 2.45) is 0 Å². The van der Waals surface area contributed by atoms with Crippen molar-refractivity contribution in [1.29, 1.82) is 0 Å². The maximum atomic E-state index is 13.7. The molecule has 0 atom stereocenters. The first-order valence-electron chi connectivity index (χ1n) is 9.33. The summed E-state index contributed by atoms with van der Waals surface area (Å²) in [4.78, 5) is 26.5. The van der Waals surface area contributed by atoms with Crippen LogP contribution in [-0.2, 0) is 24.2 Å². The van der Waals surface area contributed by atoms with Crippen molar-refractivity contribution in [3.63, 3.8) is 0 Å². The number of fused-ring (bicyclic) bond motifs is 1. The number of rotatable bonds is 4. The second-order valence-corrected chi connectivity index (χ2v) is 7.83. The Labute approximate surface area is 172 Å². The van der Waals surface area contributed by atoms with E-state index in [-0.39, 0.29) is 24.2 Å². The van der Waals surface area contributed by atoms with Gasteiger partial charge in [0.2, 0.25) is 5.91 Å². The molecule has 0 bridgehead atoms. The summed E-state index contributed by atoms with van der Waals surface area (Å²) in [5.74, 6) is -0.668. The minimum Gasteiger partial charge on any atom is -0.326 e. The molecule has 0 spiro atoms. The van der Waals surface area contributed by atoms with Gasteiger partial charge in [-0.2, -0.15) is 0 Å². The predicted octanol–water partition coefficient (Wildman–Crippen LogP) is 4.66. The highest BCUT2D eigenvalue weighted by Gasteiger charge is 2.21. The first-order valence-corrected chi connectivity index (χ1v) is 10.2. The van der Waals surface area contributed by atoms with Gasteiger partial charge < -0.3 is 10.2 Å². The van der Waals surface area contributed by atoms with E-state index in [1.807, 2.05) is 35.7 Å². The van der Waals surface area contributed by atoms with Gasteiger partial charge in [-0.25, -0.2) is 9.18 Å². The molecule has 2 N–H and O–H groups in total. The van der Waals surface area contributed by atoms with Crippen LogP contribution in [-0.4, -0.2) is 23.4 Å². The monoisotopic (exact) mass is 409 g/mol. The number of carbonyl (C=O) groups is 2. The molecule has 3 amide bonds. The van der Waals surface area contributed by atoms with Gasteiger partial charge in [-0.05, 0) is 58.8 Å². The quantitative estimate of drug-likeness (QED) is 0.658. The Hall–Kier alpha value is -3.19. The highest BCUT2D eigenvalue weighted by molar-refractivity contribution is 7.14. The number of nitrogens with one attached hydrogen (secondary N) is 2. The first kappa shape index (κ1) is 19.1. The fraction of sp³-hybridized carbons (Fsp3) is 0.182. The summed E-state index contributed by atoms with van der Waals surface area (Å²) < 4.78 is 13.7. The first-order chi connectivity index (χ1) is 14.1. The summed E-state index contributed by atoms with van der Waals surface area (Å²) in [5.41, 5.74) is 3.17. The van der Waals surface area contributed by atoms with Gasteiger partial charge in [0.1, 0.15) is 5.82 Å². The number of thiophene rings is 1. The van der Waals surface area contributed by atoms with Gasteiger partial charge in [-0.3, -0.25) is 10.1 Å². The summed E-state index contributed by atoms with van der Waals surface area (Å²) in [5, 5.41) is 8.46. The molecule has 0 saturated carbocycles. The zero-order valence-corrected chi connectivity index (χ0v) is 16.5. The molecule has 5 nitrogen and oxygen atoms in total. The maximum Gasteiger partial charge on any atom is 0.322 e. The Morgan fingerprint density at radius 1 is 1.03 bits per heavy atom. The lowest BCUT2D eigenvalue weighted by Crippen LogP contribution is -2.38. The molecular weight excluding hydrogens is 389 g/mol. The van der Waals surface area contributed by atoms with Crippen molar-refractivity contribution in [3.8, 4) is 0 Å². The fourth-order valence-corrected chi connectivity index (χ4v) is 3.97. The summed E-state index contributed by atoms with van der Waals surface area (Å²) in [6.07, 6.45) is 0.732.